The number of nitrogens with two attached hydrogens (primary N) is 1. The molecule has 15 heavy (non-hydrogen) atoms. The first-order valence-electron chi connectivity index (χ1n) is 5.78. The monoisotopic (exact) mass is 210 g/mol. The van der Waals surface area contributed by atoms with Crippen LogP contribution < -0.4 is 11.3 Å². The molecule has 0 aromatic carbocycles. The standard InChI is InChI=1S/C12H22N2O/c1-3-5-8-11(14-13)12(15-4-2)9-6-7-10-12/h11,14H,4,6-10,13H2,1-2H3. The summed E-state index contributed by atoms with van der Waals surface area (Å²) in [6.07, 6.45) is 5.44. The van der Waals surface area contributed by atoms with Crippen LogP contribution in [-0.4, -0.2) is 18.2 Å². The second-order valence-electron chi connectivity index (χ2n) is 4.06. The van der Waals surface area contributed by atoms with E-state index in [0.717, 1.165) is 25.9 Å². The number of ether oxygens (including phenoxy) is 1. The van der Waals surface area contributed by atoms with Crippen molar-refractivity contribution < 1.29 is 4.74 Å². The molecule has 1 aliphatic rings. The van der Waals surface area contributed by atoms with Crippen molar-refractivity contribution in [2.24, 2.45) is 5.84 Å². The molecular formula is C12H22N2O. The first-order valence-corrected chi connectivity index (χ1v) is 5.78. The maximum absolute atomic E-state index is 5.93. The van der Waals surface area contributed by atoms with Gasteiger partial charge in [-0.1, -0.05) is 12.8 Å². The van der Waals surface area contributed by atoms with E-state index in [1.807, 2.05) is 13.8 Å². The summed E-state index contributed by atoms with van der Waals surface area (Å²) in [6, 6.07) is 0.160. The molecule has 0 spiro atoms. The van der Waals surface area contributed by atoms with Crippen molar-refractivity contribution in [2.45, 2.75) is 57.6 Å². The molecule has 1 fully saturated rings. The van der Waals surface area contributed by atoms with Gasteiger partial charge in [-0.05, 0) is 26.7 Å². The molecule has 0 aromatic heterocycles. The molecule has 1 aliphatic carbocycles. The quantitative estimate of drug-likeness (QED) is 0.411. The number of hydrogen-bond donors (Lipinski definition) is 2. The minimum absolute atomic E-state index is 0.0760. The molecule has 0 bridgehead atoms. The van der Waals surface area contributed by atoms with Crippen LogP contribution in [0.1, 0.15) is 46.0 Å². The smallest absolute Gasteiger partial charge is 0.0857 e. The maximum Gasteiger partial charge on any atom is 0.0857 e. The predicted octanol–water partition coefficient (Wildman–Crippen LogP) is 1.58. The Morgan fingerprint density at radius 2 is 2.13 bits per heavy atom. The molecule has 0 radical (unpaired) electrons. The van der Waals surface area contributed by atoms with Gasteiger partial charge < -0.3 is 4.74 Å². The van der Waals surface area contributed by atoms with Crippen LogP contribution in [0.5, 0.6) is 0 Å². The Bertz CT molecular complexity index is 236. The Hall–Kier alpha value is -0.560. The molecule has 1 rings (SSSR count). The third kappa shape index (κ3) is 2.94. The molecule has 0 aromatic rings. The Kier molecular flexibility index (Phi) is 5.10. The molecule has 1 unspecified atom stereocenters. The van der Waals surface area contributed by atoms with Crippen molar-refractivity contribution in [1.29, 1.82) is 0 Å². The number of nitrogens with one attached hydrogen (secondary N) is 1. The SMILES string of the molecule is CC#CCC(NN)C1(OCC)CCCC1. The molecule has 1 atom stereocenters. The lowest BCUT2D eigenvalue weighted by molar-refractivity contribution is -0.0602. The van der Waals surface area contributed by atoms with Gasteiger partial charge in [0.25, 0.3) is 0 Å². The van der Waals surface area contributed by atoms with Gasteiger partial charge in [0.2, 0.25) is 0 Å². The van der Waals surface area contributed by atoms with Crippen LogP contribution in [0.15, 0.2) is 0 Å². The molecule has 3 heteroatoms. The molecule has 3 N–H and O–H groups in total. The summed E-state index contributed by atoms with van der Waals surface area (Å²) in [5.41, 5.74) is 2.80. The fraction of sp³-hybridized carbons (Fsp3) is 0.833. The van der Waals surface area contributed by atoms with Gasteiger partial charge >= 0.3 is 0 Å². The molecular weight excluding hydrogens is 188 g/mol. The lowest BCUT2D eigenvalue weighted by Gasteiger charge is -2.36. The number of rotatable bonds is 5. The van der Waals surface area contributed by atoms with Crippen LogP contribution >= 0.6 is 0 Å². The fourth-order valence-electron chi connectivity index (χ4n) is 2.46. The summed E-state index contributed by atoms with van der Waals surface area (Å²) in [6.45, 7) is 4.65. The van der Waals surface area contributed by atoms with Gasteiger partial charge in [-0.3, -0.25) is 11.3 Å². The van der Waals surface area contributed by atoms with Crippen molar-refractivity contribution >= 4 is 0 Å². The molecule has 0 heterocycles. The highest BCUT2D eigenvalue weighted by Crippen LogP contribution is 2.36. The van der Waals surface area contributed by atoms with E-state index in [2.05, 4.69) is 17.3 Å². The summed E-state index contributed by atoms with van der Waals surface area (Å²) >= 11 is 0. The van der Waals surface area contributed by atoms with E-state index in [9.17, 15) is 0 Å². The Labute approximate surface area is 92.7 Å². The number of hydrazine groups is 1. The van der Waals surface area contributed by atoms with E-state index in [0.29, 0.717) is 0 Å². The van der Waals surface area contributed by atoms with Gasteiger partial charge in [0.1, 0.15) is 0 Å². The summed E-state index contributed by atoms with van der Waals surface area (Å²) < 4.78 is 5.93. The lowest BCUT2D eigenvalue weighted by atomic mass is 9.90. The predicted molar refractivity (Wildman–Crippen MR) is 62.0 cm³/mol. The van der Waals surface area contributed by atoms with Gasteiger partial charge in [-0.2, -0.15) is 0 Å². The topological polar surface area (TPSA) is 47.3 Å². The zero-order valence-electron chi connectivity index (χ0n) is 9.81. The molecule has 0 aliphatic heterocycles. The van der Waals surface area contributed by atoms with Crippen molar-refractivity contribution in [3.05, 3.63) is 0 Å². The minimum atomic E-state index is -0.0760. The third-order valence-corrected chi connectivity index (χ3v) is 3.20. The lowest BCUT2D eigenvalue weighted by Crippen LogP contribution is -2.53. The zero-order valence-corrected chi connectivity index (χ0v) is 9.81. The van der Waals surface area contributed by atoms with Crippen molar-refractivity contribution in [2.75, 3.05) is 6.61 Å². The summed E-state index contributed by atoms with van der Waals surface area (Å²) in [7, 11) is 0. The highest BCUT2D eigenvalue weighted by molar-refractivity contribution is 5.05. The molecule has 1 saturated carbocycles. The molecule has 3 nitrogen and oxygen atoms in total. The second-order valence-corrected chi connectivity index (χ2v) is 4.06. The fourth-order valence-corrected chi connectivity index (χ4v) is 2.46. The third-order valence-electron chi connectivity index (χ3n) is 3.20. The van der Waals surface area contributed by atoms with Gasteiger partial charge in [-0.15, -0.1) is 11.8 Å². The van der Waals surface area contributed by atoms with E-state index >= 15 is 0 Å². The summed E-state index contributed by atoms with van der Waals surface area (Å²) in [4.78, 5) is 0. The van der Waals surface area contributed by atoms with Crippen LogP contribution in [0.3, 0.4) is 0 Å². The molecule has 86 valence electrons. The van der Waals surface area contributed by atoms with Crippen molar-refractivity contribution in [3.63, 3.8) is 0 Å². The second kappa shape index (κ2) is 6.12. The van der Waals surface area contributed by atoms with E-state index in [-0.39, 0.29) is 11.6 Å². The highest BCUT2D eigenvalue weighted by atomic mass is 16.5. The normalized spacial score (nSPS) is 20.7. The van der Waals surface area contributed by atoms with Crippen LogP contribution in [0.2, 0.25) is 0 Å². The van der Waals surface area contributed by atoms with Crippen LogP contribution in [0.4, 0.5) is 0 Å². The number of hydrogen-bond acceptors (Lipinski definition) is 3. The summed E-state index contributed by atoms with van der Waals surface area (Å²) in [5.74, 6) is 11.6. The maximum atomic E-state index is 5.93. The van der Waals surface area contributed by atoms with E-state index in [4.69, 9.17) is 10.6 Å². The molecule has 0 saturated heterocycles. The summed E-state index contributed by atoms with van der Waals surface area (Å²) in [5, 5.41) is 0. The minimum Gasteiger partial charge on any atom is -0.374 e. The largest absolute Gasteiger partial charge is 0.374 e. The van der Waals surface area contributed by atoms with E-state index in [1.165, 1.54) is 12.8 Å². The highest BCUT2D eigenvalue weighted by Gasteiger charge is 2.41. The van der Waals surface area contributed by atoms with Crippen LogP contribution in [-0.2, 0) is 4.74 Å². The first-order chi connectivity index (χ1) is 7.29. The Morgan fingerprint density at radius 3 is 2.60 bits per heavy atom. The van der Waals surface area contributed by atoms with Crippen LogP contribution in [0, 0.1) is 11.8 Å². The van der Waals surface area contributed by atoms with Crippen LogP contribution in [0.25, 0.3) is 0 Å². The Balaban J connectivity index is 2.69. The Morgan fingerprint density at radius 1 is 1.47 bits per heavy atom. The molecule has 0 amide bonds. The van der Waals surface area contributed by atoms with Gasteiger partial charge in [-0.25, -0.2) is 0 Å². The van der Waals surface area contributed by atoms with E-state index < -0.39 is 0 Å². The van der Waals surface area contributed by atoms with Crippen molar-refractivity contribution in [1.82, 2.24) is 5.43 Å². The zero-order chi connectivity index (χ0) is 11.1. The van der Waals surface area contributed by atoms with Gasteiger partial charge in [0.05, 0.1) is 11.6 Å². The van der Waals surface area contributed by atoms with E-state index in [1.54, 1.807) is 0 Å². The average Bonchev–Trinajstić information content (AvgIpc) is 2.69. The first kappa shape index (κ1) is 12.5. The van der Waals surface area contributed by atoms with Gasteiger partial charge in [0.15, 0.2) is 0 Å². The van der Waals surface area contributed by atoms with Crippen molar-refractivity contribution in [3.8, 4) is 11.8 Å². The average molecular weight is 210 g/mol. The van der Waals surface area contributed by atoms with Gasteiger partial charge in [0, 0.05) is 13.0 Å².